The van der Waals surface area contributed by atoms with Crippen LogP contribution in [0.4, 0.5) is 10.8 Å². The largest absolute Gasteiger partial charge is 0.465 e. The van der Waals surface area contributed by atoms with Gasteiger partial charge in [-0.3, -0.25) is 14.9 Å². The number of aromatic nitrogens is 1. The normalized spacial score (nSPS) is 10.3. The highest BCUT2D eigenvalue weighted by molar-refractivity contribution is 7.14. The number of rotatable bonds is 6. The van der Waals surface area contributed by atoms with Gasteiger partial charge in [-0.2, -0.15) is 0 Å². The average Bonchev–Trinajstić information content (AvgIpc) is 3.33. The van der Waals surface area contributed by atoms with Crippen molar-refractivity contribution < 1.29 is 23.5 Å². The van der Waals surface area contributed by atoms with Gasteiger partial charge in [-0.25, -0.2) is 9.78 Å². The van der Waals surface area contributed by atoms with Crippen molar-refractivity contribution in [2.45, 2.75) is 6.42 Å². The summed E-state index contributed by atoms with van der Waals surface area (Å²) in [5.41, 5.74) is 1.11. The highest BCUT2D eigenvalue weighted by Gasteiger charge is 2.15. The van der Waals surface area contributed by atoms with Crippen LogP contribution >= 0.6 is 11.3 Å². The van der Waals surface area contributed by atoms with Crippen molar-refractivity contribution in [1.29, 1.82) is 0 Å². The Morgan fingerprint density at radius 1 is 1.15 bits per heavy atom. The van der Waals surface area contributed by atoms with Crippen LogP contribution in [0.25, 0.3) is 0 Å². The third-order valence-corrected chi connectivity index (χ3v) is 4.27. The maximum absolute atomic E-state index is 12.3. The van der Waals surface area contributed by atoms with E-state index in [-0.39, 0.29) is 23.7 Å². The summed E-state index contributed by atoms with van der Waals surface area (Å²) in [6, 6.07) is 9.70. The van der Waals surface area contributed by atoms with Crippen LogP contribution in [-0.2, 0) is 16.0 Å². The molecular weight excluding hydrogens is 370 g/mol. The van der Waals surface area contributed by atoms with Gasteiger partial charge in [0.2, 0.25) is 5.91 Å². The Hall–Kier alpha value is -3.46. The molecule has 0 aliphatic carbocycles. The van der Waals surface area contributed by atoms with E-state index in [1.54, 1.807) is 35.7 Å². The first-order valence-corrected chi connectivity index (χ1v) is 8.71. The molecule has 0 spiro atoms. The van der Waals surface area contributed by atoms with Gasteiger partial charge in [0.05, 0.1) is 36.7 Å². The SMILES string of the molecule is COC(=O)c1ccccc1NC(=O)Cc1csc(NC(=O)c2ccco2)n1. The van der Waals surface area contributed by atoms with Gasteiger partial charge in [-0.05, 0) is 24.3 Å². The first-order valence-electron chi connectivity index (χ1n) is 7.83. The molecule has 3 aromatic rings. The van der Waals surface area contributed by atoms with Crippen LogP contribution in [0.15, 0.2) is 52.5 Å². The molecule has 2 aromatic heterocycles. The Balaban J connectivity index is 1.62. The van der Waals surface area contributed by atoms with E-state index in [0.29, 0.717) is 16.5 Å². The Morgan fingerprint density at radius 3 is 2.70 bits per heavy atom. The smallest absolute Gasteiger partial charge is 0.339 e. The topological polar surface area (TPSA) is 111 Å². The van der Waals surface area contributed by atoms with Crippen LogP contribution in [0.3, 0.4) is 0 Å². The average molecular weight is 385 g/mol. The van der Waals surface area contributed by atoms with Crippen LogP contribution in [0.5, 0.6) is 0 Å². The third kappa shape index (κ3) is 4.59. The minimum Gasteiger partial charge on any atom is -0.465 e. The van der Waals surface area contributed by atoms with Crippen molar-refractivity contribution >= 4 is 39.9 Å². The van der Waals surface area contributed by atoms with Gasteiger partial charge in [0.25, 0.3) is 5.91 Å². The Kier molecular flexibility index (Phi) is 5.62. The fourth-order valence-electron chi connectivity index (χ4n) is 2.25. The molecule has 0 fully saturated rings. The number of nitrogens with zero attached hydrogens (tertiary/aromatic N) is 1. The zero-order valence-corrected chi connectivity index (χ0v) is 15.0. The molecule has 0 atom stereocenters. The fraction of sp³-hybridized carbons (Fsp3) is 0.111. The molecule has 0 unspecified atom stereocenters. The number of carbonyl (C=O) groups excluding carboxylic acids is 3. The minimum atomic E-state index is -0.539. The summed E-state index contributed by atoms with van der Waals surface area (Å²) in [5.74, 6) is -1.13. The molecule has 1 aromatic carbocycles. The quantitative estimate of drug-likeness (QED) is 0.631. The summed E-state index contributed by atoms with van der Waals surface area (Å²) in [5, 5.41) is 7.30. The highest BCUT2D eigenvalue weighted by Crippen LogP contribution is 2.19. The summed E-state index contributed by atoms with van der Waals surface area (Å²) in [4.78, 5) is 40.1. The number of benzene rings is 1. The van der Waals surface area contributed by atoms with Crippen molar-refractivity contribution in [2.75, 3.05) is 17.7 Å². The molecule has 0 saturated carbocycles. The maximum Gasteiger partial charge on any atom is 0.339 e. The van der Waals surface area contributed by atoms with Gasteiger partial charge < -0.3 is 14.5 Å². The molecule has 2 N–H and O–H groups in total. The van der Waals surface area contributed by atoms with Crippen LogP contribution in [-0.4, -0.2) is 29.9 Å². The zero-order valence-electron chi connectivity index (χ0n) is 14.2. The monoisotopic (exact) mass is 385 g/mol. The van der Waals surface area contributed by atoms with Gasteiger partial charge >= 0.3 is 5.97 Å². The van der Waals surface area contributed by atoms with Crippen molar-refractivity contribution in [3.63, 3.8) is 0 Å². The van der Waals surface area contributed by atoms with Gasteiger partial charge in [0.15, 0.2) is 10.9 Å². The summed E-state index contributed by atoms with van der Waals surface area (Å²) in [7, 11) is 1.27. The van der Waals surface area contributed by atoms with Gasteiger partial charge in [0.1, 0.15) is 0 Å². The number of esters is 1. The number of hydrogen-bond donors (Lipinski definition) is 2. The third-order valence-electron chi connectivity index (χ3n) is 3.47. The number of nitrogens with one attached hydrogen (secondary N) is 2. The predicted molar refractivity (Wildman–Crippen MR) is 98.9 cm³/mol. The Labute approximate surface area is 158 Å². The second-order valence-corrected chi connectivity index (χ2v) is 6.20. The molecule has 138 valence electrons. The molecule has 27 heavy (non-hydrogen) atoms. The fourth-order valence-corrected chi connectivity index (χ4v) is 2.96. The lowest BCUT2D eigenvalue weighted by Gasteiger charge is -2.08. The second kappa shape index (κ2) is 8.28. The van der Waals surface area contributed by atoms with E-state index in [1.165, 1.54) is 30.8 Å². The van der Waals surface area contributed by atoms with Gasteiger partial charge in [0, 0.05) is 5.38 Å². The molecule has 9 heteroatoms. The van der Waals surface area contributed by atoms with Crippen molar-refractivity contribution in [1.82, 2.24) is 4.98 Å². The number of furan rings is 1. The van der Waals surface area contributed by atoms with Crippen molar-refractivity contribution in [2.24, 2.45) is 0 Å². The predicted octanol–water partition coefficient (Wildman–Crippen LogP) is 2.96. The van der Waals surface area contributed by atoms with Crippen LogP contribution < -0.4 is 10.6 Å². The summed E-state index contributed by atoms with van der Waals surface area (Å²) in [6.07, 6.45) is 1.39. The van der Waals surface area contributed by atoms with Crippen LogP contribution in [0, 0.1) is 0 Å². The molecule has 8 nitrogen and oxygen atoms in total. The number of methoxy groups -OCH3 is 1. The molecule has 0 bridgehead atoms. The van der Waals surface area contributed by atoms with E-state index in [1.807, 2.05) is 0 Å². The molecule has 3 rings (SSSR count). The number of anilines is 2. The minimum absolute atomic E-state index is 0.0113. The lowest BCUT2D eigenvalue weighted by Crippen LogP contribution is -2.17. The number of hydrogen-bond acceptors (Lipinski definition) is 7. The lowest BCUT2D eigenvalue weighted by molar-refractivity contribution is -0.115. The van der Waals surface area contributed by atoms with E-state index in [4.69, 9.17) is 9.15 Å². The first kappa shape index (κ1) is 18.3. The first-order chi connectivity index (χ1) is 13.1. The van der Waals surface area contributed by atoms with E-state index in [9.17, 15) is 14.4 Å². The maximum atomic E-state index is 12.3. The van der Waals surface area contributed by atoms with Gasteiger partial charge in [-0.15, -0.1) is 11.3 Å². The van der Waals surface area contributed by atoms with Crippen molar-refractivity contribution in [3.8, 4) is 0 Å². The Morgan fingerprint density at radius 2 is 1.96 bits per heavy atom. The van der Waals surface area contributed by atoms with Crippen LogP contribution in [0.1, 0.15) is 26.6 Å². The number of amides is 2. The molecular formula is C18H15N3O5S. The molecule has 2 heterocycles. The number of carbonyl (C=O) groups is 3. The molecule has 0 aliphatic heterocycles. The molecule has 2 amide bonds. The molecule has 0 saturated heterocycles. The zero-order chi connectivity index (χ0) is 19.2. The molecule has 0 radical (unpaired) electrons. The van der Waals surface area contributed by atoms with E-state index >= 15 is 0 Å². The number of para-hydroxylation sites is 1. The summed E-state index contributed by atoms with van der Waals surface area (Å²) in [6.45, 7) is 0. The number of thiazole rings is 1. The van der Waals surface area contributed by atoms with Crippen LogP contribution in [0.2, 0.25) is 0 Å². The summed E-state index contributed by atoms with van der Waals surface area (Å²) >= 11 is 1.20. The Bertz CT molecular complexity index is 965. The van der Waals surface area contributed by atoms with Gasteiger partial charge in [-0.1, -0.05) is 12.1 Å². The van der Waals surface area contributed by atoms with E-state index < -0.39 is 11.9 Å². The highest BCUT2D eigenvalue weighted by atomic mass is 32.1. The summed E-state index contributed by atoms with van der Waals surface area (Å²) < 4.78 is 9.71. The van der Waals surface area contributed by atoms with Crippen molar-refractivity contribution in [3.05, 3.63) is 65.1 Å². The molecule has 0 aliphatic rings. The van der Waals surface area contributed by atoms with E-state index in [2.05, 4.69) is 15.6 Å². The van der Waals surface area contributed by atoms with E-state index in [0.717, 1.165) is 0 Å². The second-order valence-electron chi connectivity index (χ2n) is 5.34. The lowest BCUT2D eigenvalue weighted by atomic mass is 10.1. The number of ether oxygens (including phenoxy) is 1. The standard InChI is InChI=1S/C18H15N3O5S/c1-25-17(24)12-5-2-3-6-13(12)20-15(22)9-11-10-27-18(19-11)21-16(23)14-7-4-8-26-14/h2-8,10H,9H2,1H3,(H,20,22)(H,19,21,23).